The molecule has 0 bridgehead atoms. The minimum Gasteiger partial charge on any atom is -0.465 e. The van der Waals surface area contributed by atoms with Crippen molar-refractivity contribution in [2.75, 3.05) is 32.1 Å². The van der Waals surface area contributed by atoms with Crippen molar-refractivity contribution in [3.05, 3.63) is 65.0 Å². The molecule has 0 aliphatic carbocycles. The second-order valence-electron chi connectivity index (χ2n) is 7.04. The lowest BCUT2D eigenvalue weighted by Crippen LogP contribution is -2.56. The van der Waals surface area contributed by atoms with E-state index in [1.54, 1.807) is 35.2 Å². The zero-order chi connectivity index (χ0) is 20.5. The highest BCUT2D eigenvalue weighted by Gasteiger charge is 2.39. The fourth-order valence-electron chi connectivity index (χ4n) is 3.89. The molecule has 1 saturated heterocycles. The number of fused-ring (bicyclic) bond motifs is 3. The van der Waals surface area contributed by atoms with Gasteiger partial charge in [-0.05, 0) is 47.9 Å². The first-order valence-corrected chi connectivity index (χ1v) is 9.29. The summed E-state index contributed by atoms with van der Waals surface area (Å²) in [6, 6.07) is 10.4. The molecule has 2 aliphatic rings. The Hall–Kier alpha value is -3.42. The van der Waals surface area contributed by atoms with Gasteiger partial charge in [0.2, 0.25) is 5.91 Å². The fraction of sp³-hybridized carbons (Fsp3) is 0.286. The smallest absolute Gasteiger partial charge is 0.337 e. The summed E-state index contributed by atoms with van der Waals surface area (Å²) in [4.78, 5) is 40.0. The summed E-state index contributed by atoms with van der Waals surface area (Å²) in [5.41, 5.74) is 2.23. The Morgan fingerprint density at radius 2 is 1.93 bits per heavy atom. The molecule has 150 valence electrons. The molecule has 0 saturated carbocycles. The maximum atomic E-state index is 14.2. The SMILES string of the molecule is COC(=O)c1ccc(NC(=O)N2CC(=O)N3CCc4c(F)cccc4C3C2)cc1. The number of esters is 1. The first-order valence-electron chi connectivity index (χ1n) is 9.29. The Morgan fingerprint density at radius 3 is 2.66 bits per heavy atom. The molecule has 0 radical (unpaired) electrons. The maximum absolute atomic E-state index is 14.2. The van der Waals surface area contributed by atoms with Gasteiger partial charge in [-0.15, -0.1) is 0 Å². The first kappa shape index (κ1) is 18.9. The average molecular weight is 397 g/mol. The van der Waals surface area contributed by atoms with Gasteiger partial charge in [-0.3, -0.25) is 4.79 Å². The number of rotatable bonds is 2. The number of carbonyl (C=O) groups is 3. The van der Waals surface area contributed by atoms with Gasteiger partial charge in [0.15, 0.2) is 0 Å². The van der Waals surface area contributed by atoms with Crippen molar-refractivity contribution in [1.29, 1.82) is 0 Å². The van der Waals surface area contributed by atoms with Crippen LogP contribution in [0.4, 0.5) is 14.9 Å². The second-order valence-corrected chi connectivity index (χ2v) is 7.04. The highest BCUT2D eigenvalue weighted by molar-refractivity contribution is 5.94. The fourth-order valence-corrected chi connectivity index (χ4v) is 3.89. The Labute approximate surface area is 167 Å². The number of nitrogens with zero attached hydrogens (tertiary/aromatic N) is 2. The lowest BCUT2D eigenvalue weighted by Gasteiger charge is -2.44. The van der Waals surface area contributed by atoms with Crippen LogP contribution in [0.2, 0.25) is 0 Å². The number of benzene rings is 2. The van der Waals surface area contributed by atoms with Crippen LogP contribution in [0.1, 0.15) is 27.5 Å². The number of carbonyl (C=O) groups excluding carboxylic acids is 3. The lowest BCUT2D eigenvalue weighted by molar-refractivity contribution is -0.139. The molecule has 29 heavy (non-hydrogen) atoms. The van der Waals surface area contributed by atoms with Crippen LogP contribution in [0.25, 0.3) is 0 Å². The summed E-state index contributed by atoms with van der Waals surface area (Å²) >= 11 is 0. The molecule has 2 aliphatic heterocycles. The molecule has 3 amide bonds. The van der Waals surface area contributed by atoms with Crippen LogP contribution in [-0.2, 0) is 16.0 Å². The molecule has 4 rings (SSSR count). The Kier molecular flexibility index (Phi) is 4.92. The van der Waals surface area contributed by atoms with Crippen molar-refractivity contribution < 1.29 is 23.5 Å². The summed E-state index contributed by atoms with van der Waals surface area (Å²) in [6.07, 6.45) is 0.475. The number of ether oxygens (including phenoxy) is 1. The van der Waals surface area contributed by atoms with E-state index in [2.05, 4.69) is 10.1 Å². The van der Waals surface area contributed by atoms with Crippen molar-refractivity contribution in [2.45, 2.75) is 12.5 Å². The van der Waals surface area contributed by atoms with Gasteiger partial charge in [-0.1, -0.05) is 12.1 Å². The normalized spacial score (nSPS) is 18.0. The second kappa shape index (κ2) is 7.54. The standard InChI is InChI=1S/C21H20FN3O4/c1-29-20(27)13-5-7-14(8-6-13)23-21(28)24-11-18-16-3-2-4-17(22)15(16)9-10-25(18)19(26)12-24/h2-8,18H,9-12H2,1H3,(H,23,28). The molecule has 0 spiro atoms. The van der Waals surface area contributed by atoms with E-state index in [0.717, 1.165) is 5.56 Å². The molecule has 1 atom stereocenters. The number of hydrogen-bond donors (Lipinski definition) is 1. The van der Waals surface area contributed by atoms with E-state index in [1.807, 2.05) is 6.07 Å². The van der Waals surface area contributed by atoms with E-state index < -0.39 is 12.0 Å². The number of halogens is 1. The van der Waals surface area contributed by atoms with E-state index in [1.165, 1.54) is 18.1 Å². The highest BCUT2D eigenvalue weighted by atomic mass is 19.1. The summed E-state index contributed by atoms with van der Waals surface area (Å²) in [7, 11) is 1.30. The largest absolute Gasteiger partial charge is 0.465 e. The van der Waals surface area contributed by atoms with Crippen LogP contribution in [0.15, 0.2) is 42.5 Å². The number of amides is 3. The van der Waals surface area contributed by atoms with E-state index >= 15 is 0 Å². The van der Waals surface area contributed by atoms with Crippen LogP contribution >= 0.6 is 0 Å². The van der Waals surface area contributed by atoms with Crippen LogP contribution in [0.3, 0.4) is 0 Å². The number of piperazine rings is 1. The molecule has 2 aromatic carbocycles. The molecular weight excluding hydrogens is 377 g/mol. The molecule has 2 heterocycles. The van der Waals surface area contributed by atoms with Gasteiger partial charge in [0.1, 0.15) is 12.4 Å². The minimum absolute atomic E-state index is 0.0345. The summed E-state index contributed by atoms with van der Waals surface area (Å²) in [6.45, 7) is 0.698. The predicted octanol–water partition coefficient (Wildman–Crippen LogP) is 2.59. The van der Waals surface area contributed by atoms with Crippen molar-refractivity contribution >= 4 is 23.6 Å². The predicted molar refractivity (Wildman–Crippen MR) is 103 cm³/mol. The third kappa shape index (κ3) is 3.53. The summed E-state index contributed by atoms with van der Waals surface area (Å²) in [5.74, 6) is -0.901. The molecule has 2 aromatic rings. The average Bonchev–Trinajstić information content (AvgIpc) is 2.73. The number of nitrogens with one attached hydrogen (secondary N) is 1. The third-order valence-electron chi connectivity index (χ3n) is 5.38. The Balaban J connectivity index is 1.50. The lowest BCUT2D eigenvalue weighted by atomic mass is 9.90. The Morgan fingerprint density at radius 1 is 1.17 bits per heavy atom. The topological polar surface area (TPSA) is 79.0 Å². The van der Waals surface area contributed by atoms with E-state index in [0.29, 0.717) is 29.8 Å². The molecular formula is C21H20FN3O4. The maximum Gasteiger partial charge on any atom is 0.337 e. The highest BCUT2D eigenvalue weighted by Crippen LogP contribution is 2.34. The van der Waals surface area contributed by atoms with Crippen LogP contribution < -0.4 is 5.32 Å². The van der Waals surface area contributed by atoms with Gasteiger partial charge in [0.05, 0.1) is 18.7 Å². The number of anilines is 1. The third-order valence-corrected chi connectivity index (χ3v) is 5.38. The van der Waals surface area contributed by atoms with E-state index in [4.69, 9.17) is 0 Å². The van der Waals surface area contributed by atoms with E-state index in [9.17, 15) is 18.8 Å². The molecule has 8 heteroatoms. The van der Waals surface area contributed by atoms with Gasteiger partial charge in [0.25, 0.3) is 0 Å². The Bertz CT molecular complexity index is 976. The number of hydrogen-bond acceptors (Lipinski definition) is 4. The van der Waals surface area contributed by atoms with Crippen molar-refractivity contribution in [3.63, 3.8) is 0 Å². The van der Waals surface area contributed by atoms with Gasteiger partial charge < -0.3 is 19.9 Å². The van der Waals surface area contributed by atoms with E-state index in [-0.39, 0.29) is 30.9 Å². The van der Waals surface area contributed by atoms with Gasteiger partial charge in [0, 0.05) is 18.8 Å². The van der Waals surface area contributed by atoms with Crippen LogP contribution in [0.5, 0.6) is 0 Å². The van der Waals surface area contributed by atoms with Crippen molar-refractivity contribution in [3.8, 4) is 0 Å². The molecule has 1 fully saturated rings. The summed E-state index contributed by atoms with van der Waals surface area (Å²) in [5, 5.41) is 2.74. The number of urea groups is 1. The molecule has 1 N–H and O–H groups in total. The zero-order valence-electron chi connectivity index (χ0n) is 15.9. The zero-order valence-corrected chi connectivity index (χ0v) is 15.9. The first-order chi connectivity index (χ1) is 14.0. The molecule has 7 nitrogen and oxygen atoms in total. The molecule has 0 aromatic heterocycles. The quantitative estimate of drug-likeness (QED) is 0.790. The van der Waals surface area contributed by atoms with Gasteiger partial charge in [-0.25, -0.2) is 14.0 Å². The van der Waals surface area contributed by atoms with Crippen LogP contribution in [-0.4, -0.2) is 54.5 Å². The van der Waals surface area contributed by atoms with Crippen molar-refractivity contribution in [1.82, 2.24) is 9.80 Å². The number of methoxy groups -OCH3 is 1. The van der Waals surface area contributed by atoms with Crippen LogP contribution in [0, 0.1) is 5.82 Å². The molecule has 1 unspecified atom stereocenters. The van der Waals surface area contributed by atoms with Gasteiger partial charge in [-0.2, -0.15) is 0 Å². The minimum atomic E-state index is -0.465. The van der Waals surface area contributed by atoms with Gasteiger partial charge >= 0.3 is 12.0 Å². The summed E-state index contributed by atoms with van der Waals surface area (Å²) < 4.78 is 18.8. The van der Waals surface area contributed by atoms with Crippen molar-refractivity contribution in [2.24, 2.45) is 0 Å². The monoisotopic (exact) mass is 397 g/mol.